The molecule has 0 N–H and O–H groups in total. The van der Waals surface area contributed by atoms with E-state index < -0.39 is 0 Å². The zero-order valence-electron chi connectivity index (χ0n) is 33.3. The van der Waals surface area contributed by atoms with E-state index in [1.54, 1.807) is 0 Å². The van der Waals surface area contributed by atoms with Crippen LogP contribution in [0.1, 0.15) is 0 Å². The molecule has 0 bridgehead atoms. The lowest BCUT2D eigenvalue weighted by atomic mass is 10.1. The van der Waals surface area contributed by atoms with Crippen molar-refractivity contribution in [2.24, 2.45) is 0 Å². The molecule has 0 aliphatic rings. The number of rotatable bonds is 7. The Morgan fingerprint density at radius 3 is 1.18 bits per heavy atom. The minimum Gasteiger partial charge on any atom is -0.307 e. The molecule has 7 heteroatoms. The van der Waals surface area contributed by atoms with Gasteiger partial charge in [-0.05, 0) is 30.3 Å². The number of nitrogens with zero attached hydrogens (tertiary/aromatic N) is 7. The van der Waals surface area contributed by atoms with Crippen molar-refractivity contribution in [3.05, 3.63) is 212 Å². The van der Waals surface area contributed by atoms with Crippen LogP contribution in [0.15, 0.2) is 212 Å². The molecule has 0 amide bonds. The van der Waals surface area contributed by atoms with E-state index >= 15 is 0 Å². The summed E-state index contributed by atoms with van der Waals surface area (Å²) in [6.07, 6.45) is 0. The van der Waals surface area contributed by atoms with Gasteiger partial charge in [0.1, 0.15) is 0 Å². The molecule has 0 saturated heterocycles. The summed E-state index contributed by atoms with van der Waals surface area (Å²) in [5, 5.41) is 4.58. The molecule has 0 unspecified atom stereocenters. The second kappa shape index (κ2) is 14.6. The van der Waals surface area contributed by atoms with E-state index in [-0.39, 0.29) is 0 Å². The first-order valence-corrected chi connectivity index (χ1v) is 20.7. The van der Waals surface area contributed by atoms with Gasteiger partial charge in [-0.1, -0.05) is 182 Å². The lowest BCUT2D eigenvalue weighted by molar-refractivity contribution is 0.953. The van der Waals surface area contributed by atoms with E-state index in [0.717, 1.165) is 83.1 Å². The van der Waals surface area contributed by atoms with Gasteiger partial charge in [0.2, 0.25) is 5.95 Å². The van der Waals surface area contributed by atoms with E-state index in [0.29, 0.717) is 23.4 Å². The fourth-order valence-electron chi connectivity index (χ4n) is 8.72. The van der Waals surface area contributed by atoms with Gasteiger partial charge in [0.15, 0.2) is 17.5 Å². The fourth-order valence-corrected chi connectivity index (χ4v) is 8.72. The van der Waals surface area contributed by atoms with Crippen molar-refractivity contribution in [2.45, 2.75) is 0 Å². The first-order valence-electron chi connectivity index (χ1n) is 20.7. The monoisotopic (exact) mass is 793 g/mol. The van der Waals surface area contributed by atoms with Crippen LogP contribution in [0.3, 0.4) is 0 Å². The Labute approximate surface area is 356 Å². The first-order chi connectivity index (χ1) is 30.7. The lowest BCUT2D eigenvalue weighted by Gasteiger charge is -2.13. The third-order valence-electron chi connectivity index (χ3n) is 11.6. The summed E-state index contributed by atoms with van der Waals surface area (Å²) in [7, 11) is 0. The smallest absolute Gasteiger partial charge is 0.238 e. The van der Waals surface area contributed by atoms with Crippen LogP contribution in [0, 0.1) is 0 Å². The van der Waals surface area contributed by atoms with E-state index in [2.05, 4.69) is 155 Å². The van der Waals surface area contributed by atoms with Gasteiger partial charge < -0.3 is 4.57 Å². The maximum Gasteiger partial charge on any atom is 0.238 e. The maximum absolute atomic E-state index is 5.35. The van der Waals surface area contributed by atoms with Crippen molar-refractivity contribution < 1.29 is 0 Å². The summed E-state index contributed by atoms with van der Waals surface area (Å²) in [6.45, 7) is 0. The third-order valence-corrected chi connectivity index (χ3v) is 11.6. The molecule has 12 rings (SSSR count). The quantitative estimate of drug-likeness (QED) is 0.161. The first kappa shape index (κ1) is 35.4. The van der Waals surface area contributed by atoms with Gasteiger partial charge in [-0.2, -0.15) is 9.97 Å². The molecule has 0 atom stereocenters. The summed E-state index contributed by atoms with van der Waals surface area (Å²) in [4.78, 5) is 25.9. The van der Waals surface area contributed by atoms with Gasteiger partial charge in [-0.25, -0.2) is 15.0 Å². The molecule has 8 aromatic carbocycles. The normalized spacial score (nSPS) is 11.5. The highest BCUT2D eigenvalue weighted by Crippen LogP contribution is 2.41. The Balaban J connectivity index is 1.08. The molecule has 4 heterocycles. The van der Waals surface area contributed by atoms with Crippen molar-refractivity contribution >= 4 is 43.6 Å². The summed E-state index contributed by atoms with van der Waals surface area (Å²) in [5.74, 6) is 2.32. The van der Waals surface area contributed by atoms with Crippen molar-refractivity contribution in [3.63, 3.8) is 0 Å². The van der Waals surface area contributed by atoms with Crippen LogP contribution in [0.4, 0.5) is 0 Å². The Bertz CT molecular complexity index is 3540. The van der Waals surface area contributed by atoms with Crippen molar-refractivity contribution in [1.29, 1.82) is 0 Å². The molecule has 0 fully saturated rings. The predicted octanol–water partition coefficient (Wildman–Crippen LogP) is 13.2. The molecule has 4 aromatic heterocycles. The minimum atomic E-state index is 0.535. The number of para-hydroxylation sites is 3. The molecule has 12 aromatic rings. The summed E-state index contributed by atoms with van der Waals surface area (Å²) in [6, 6.07) is 73.1. The van der Waals surface area contributed by atoms with Crippen LogP contribution in [0.2, 0.25) is 0 Å². The van der Waals surface area contributed by atoms with Gasteiger partial charge in [0.25, 0.3) is 0 Å². The largest absolute Gasteiger partial charge is 0.307 e. The molecular weight excluding hydrogens is 759 g/mol. The van der Waals surface area contributed by atoms with Gasteiger partial charge in [-0.15, -0.1) is 0 Å². The van der Waals surface area contributed by atoms with E-state index in [9.17, 15) is 0 Å². The van der Waals surface area contributed by atoms with Crippen molar-refractivity contribution in [3.8, 4) is 68.3 Å². The van der Waals surface area contributed by atoms with E-state index in [1.165, 1.54) is 5.39 Å². The number of benzene rings is 8. The Morgan fingerprint density at radius 1 is 0.274 bits per heavy atom. The molecule has 0 radical (unpaired) electrons. The number of aromatic nitrogens is 7. The Morgan fingerprint density at radius 2 is 0.661 bits per heavy atom. The van der Waals surface area contributed by atoms with Gasteiger partial charge in [-0.3, -0.25) is 4.57 Å². The molecular formula is C55H35N7. The summed E-state index contributed by atoms with van der Waals surface area (Å²) >= 11 is 0. The van der Waals surface area contributed by atoms with Gasteiger partial charge >= 0.3 is 0 Å². The summed E-state index contributed by atoms with van der Waals surface area (Å²) in [5.41, 5.74) is 11.8. The average molecular weight is 794 g/mol. The highest BCUT2D eigenvalue weighted by molar-refractivity contribution is 6.23. The van der Waals surface area contributed by atoms with Crippen LogP contribution < -0.4 is 0 Å². The lowest BCUT2D eigenvalue weighted by Crippen LogP contribution is -2.07. The molecule has 290 valence electrons. The van der Waals surface area contributed by atoms with Gasteiger partial charge in [0.05, 0.1) is 33.5 Å². The SMILES string of the molecule is c1ccc(-c2cc(-c3ccccc3)nc(-c3ccc(-c4nc(-c5ccccc5)nc(-n5c6ccccc6c6ccc7c8ccccc8n(-c8ccccc8)c7c65)n4)cc3)n2)cc1. The molecule has 7 nitrogen and oxygen atoms in total. The predicted molar refractivity (Wildman–Crippen MR) is 251 cm³/mol. The summed E-state index contributed by atoms with van der Waals surface area (Å²) < 4.78 is 4.60. The van der Waals surface area contributed by atoms with E-state index in [4.69, 9.17) is 24.9 Å². The number of hydrogen-bond donors (Lipinski definition) is 0. The van der Waals surface area contributed by atoms with Crippen LogP contribution in [-0.2, 0) is 0 Å². The Kier molecular flexibility index (Phi) is 8.35. The molecule has 0 aliphatic carbocycles. The number of hydrogen-bond acceptors (Lipinski definition) is 5. The second-order valence-electron chi connectivity index (χ2n) is 15.3. The topological polar surface area (TPSA) is 74.3 Å². The third kappa shape index (κ3) is 5.94. The average Bonchev–Trinajstić information content (AvgIpc) is 3.88. The molecule has 0 spiro atoms. The highest BCUT2D eigenvalue weighted by Gasteiger charge is 2.23. The van der Waals surface area contributed by atoms with Gasteiger partial charge in [0, 0.05) is 55.0 Å². The van der Waals surface area contributed by atoms with Crippen LogP contribution in [0.5, 0.6) is 0 Å². The van der Waals surface area contributed by atoms with Crippen molar-refractivity contribution in [2.75, 3.05) is 0 Å². The fraction of sp³-hybridized carbons (Fsp3) is 0. The highest BCUT2D eigenvalue weighted by atomic mass is 15.2. The zero-order chi connectivity index (χ0) is 41.0. The van der Waals surface area contributed by atoms with Crippen LogP contribution in [0.25, 0.3) is 112 Å². The maximum atomic E-state index is 5.35. The van der Waals surface area contributed by atoms with E-state index in [1.807, 2.05) is 66.7 Å². The molecule has 0 saturated carbocycles. The number of fused-ring (bicyclic) bond motifs is 7. The van der Waals surface area contributed by atoms with Crippen LogP contribution in [-0.4, -0.2) is 34.1 Å². The second-order valence-corrected chi connectivity index (χ2v) is 15.3. The zero-order valence-corrected chi connectivity index (χ0v) is 33.3. The molecule has 62 heavy (non-hydrogen) atoms. The Hall–Kier alpha value is -8.55. The van der Waals surface area contributed by atoms with Crippen molar-refractivity contribution in [1.82, 2.24) is 34.1 Å². The minimum absolute atomic E-state index is 0.535. The molecule has 0 aliphatic heterocycles. The standard InChI is InChI=1S/C55H35N7/c1-5-17-36(18-6-1)46-35-47(37-19-7-2-8-20-37)57-52(56-46)39-29-31-40(32-30-39)54-58-53(38-21-9-3-10-22-38)59-55(60-54)62-49-28-16-14-26-43(49)45-34-33-44-42-25-13-15-27-48(42)61(50(44)51(45)62)41-23-11-4-12-24-41/h1-35H. The van der Waals surface area contributed by atoms with Crippen LogP contribution >= 0.6 is 0 Å².